The summed E-state index contributed by atoms with van der Waals surface area (Å²) in [6.07, 6.45) is 11.6. The third kappa shape index (κ3) is 4.00. The van der Waals surface area contributed by atoms with Crippen LogP contribution in [0.4, 0.5) is 0 Å². The van der Waals surface area contributed by atoms with Crippen molar-refractivity contribution in [2.75, 3.05) is 7.05 Å². The van der Waals surface area contributed by atoms with E-state index in [1.807, 2.05) is 12.1 Å². The number of hydrogen-bond donors (Lipinski definition) is 3. The van der Waals surface area contributed by atoms with Crippen molar-refractivity contribution in [1.82, 2.24) is 5.32 Å². The molecule has 3 aliphatic carbocycles. The van der Waals surface area contributed by atoms with Crippen LogP contribution in [0, 0.1) is 23.2 Å². The minimum Gasteiger partial charge on any atom is -0.508 e. The zero-order chi connectivity index (χ0) is 21.3. The Hall–Kier alpha value is -1.55. The number of phenols is 1. The van der Waals surface area contributed by atoms with Crippen molar-refractivity contribution in [2.24, 2.45) is 23.2 Å². The fourth-order valence-corrected chi connectivity index (χ4v) is 7.30. The molecule has 0 heterocycles. The van der Waals surface area contributed by atoms with Crippen molar-refractivity contribution in [1.29, 1.82) is 0 Å². The molecule has 1 aromatic carbocycles. The summed E-state index contributed by atoms with van der Waals surface area (Å²) in [6, 6.07) is 6.04. The van der Waals surface area contributed by atoms with Crippen molar-refractivity contribution in [2.45, 2.75) is 89.6 Å². The highest BCUT2D eigenvalue weighted by atomic mass is 16.3. The maximum Gasteiger partial charge on any atom is 0.219 e. The van der Waals surface area contributed by atoms with Gasteiger partial charge in [-0.2, -0.15) is 0 Å². The van der Waals surface area contributed by atoms with Crippen molar-refractivity contribution < 1.29 is 15.0 Å². The van der Waals surface area contributed by atoms with Gasteiger partial charge in [-0.3, -0.25) is 4.79 Å². The van der Waals surface area contributed by atoms with Crippen LogP contribution in [-0.2, 0) is 11.2 Å². The second-order valence-corrected chi connectivity index (χ2v) is 10.4. The number of fused-ring (bicyclic) bond motifs is 5. The predicted octanol–water partition coefficient (Wildman–Crippen LogP) is 4.92. The highest BCUT2D eigenvalue weighted by Gasteiger charge is 2.57. The molecule has 4 heteroatoms. The average molecular weight is 414 g/mol. The second-order valence-electron chi connectivity index (χ2n) is 10.4. The lowest BCUT2D eigenvalue weighted by atomic mass is 9.51. The summed E-state index contributed by atoms with van der Waals surface area (Å²) < 4.78 is 0. The van der Waals surface area contributed by atoms with Gasteiger partial charge in [-0.1, -0.05) is 32.3 Å². The largest absolute Gasteiger partial charge is 0.508 e. The van der Waals surface area contributed by atoms with Crippen molar-refractivity contribution in [3.63, 3.8) is 0 Å². The summed E-state index contributed by atoms with van der Waals surface area (Å²) in [5.41, 5.74) is 2.88. The quantitative estimate of drug-likeness (QED) is 0.556. The molecule has 1 amide bonds. The second kappa shape index (κ2) is 8.90. The molecule has 0 bridgehead atoms. The van der Waals surface area contributed by atoms with Gasteiger partial charge in [0.05, 0.1) is 6.10 Å². The highest BCUT2D eigenvalue weighted by molar-refractivity contribution is 5.75. The van der Waals surface area contributed by atoms with Crippen molar-refractivity contribution in [3.05, 3.63) is 29.3 Å². The lowest BCUT2D eigenvalue weighted by molar-refractivity contribution is -0.120. The first kappa shape index (κ1) is 21.7. The molecule has 4 nitrogen and oxygen atoms in total. The number of carbonyl (C=O) groups excluding carboxylic acids is 1. The molecule has 30 heavy (non-hydrogen) atoms. The van der Waals surface area contributed by atoms with E-state index >= 15 is 0 Å². The maximum absolute atomic E-state index is 11.4. The van der Waals surface area contributed by atoms with Gasteiger partial charge >= 0.3 is 0 Å². The van der Waals surface area contributed by atoms with Crippen LogP contribution in [0.5, 0.6) is 5.75 Å². The lowest BCUT2D eigenvalue weighted by Crippen LogP contribution is -2.47. The molecule has 3 aliphatic rings. The molecule has 0 saturated heterocycles. The zero-order valence-corrected chi connectivity index (χ0v) is 18.7. The summed E-state index contributed by atoms with van der Waals surface area (Å²) in [7, 11) is 1.70. The van der Waals surface area contributed by atoms with E-state index in [1.54, 1.807) is 7.05 Å². The number of unbranched alkanes of at least 4 members (excludes halogenated alkanes) is 3. The molecule has 3 N–H and O–H groups in total. The van der Waals surface area contributed by atoms with Crippen LogP contribution in [0.1, 0.15) is 88.2 Å². The number of aromatic hydroxyl groups is 1. The maximum atomic E-state index is 11.4. The van der Waals surface area contributed by atoms with Crippen molar-refractivity contribution >= 4 is 5.91 Å². The minimum absolute atomic E-state index is 0.0689. The molecule has 0 spiro atoms. The Bertz CT molecular complexity index is 763. The van der Waals surface area contributed by atoms with Crippen molar-refractivity contribution in [3.8, 4) is 5.75 Å². The normalized spacial score (nSPS) is 34.7. The van der Waals surface area contributed by atoms with E-state index in [0.717, 1.165) is 32.1 Å². The molecule has 1 aromatic rings. The monoisotopic (exact) mass is 413 g/mol. The Morgan fingerprint density at radius 1 is 1.17 bits per heavy atom. The molecule has 6 atom stereocenters. The smallest absolute Gasteiger partial charge is 0.219 e. The molecule has 0 unspecified atom stereocenters. The number of phenolic OH excluding ortho intramolecular Hbond substituents is 1. The highest BCUT2D eigenvalue weighted by Crippen LogP contribution is 2.63. The van der Waals surface area contributed by atoms with Gasteiger partial charge in [0.2, 0.25) is 5.91 Å². The van der Waals surface area contributed by atoms with Crippen LogP contribution in [-0.4, -0.2) is 29.3 Å². The van der Waals surface area contributed by atoms with E-state index in [4.69, 9.17) is 0 Å². The van der Waals surface area contributed by atoms with Gasteiger partial charge in [0.15, 0.2) is 0 Å². The van der Waals surface area contributed by atoms with E-state index in [9.17, 15) is 15.0 Å². The van der Waals surface area contributed by atoms with Gasteiger partial charge in [-0.05, 0) is 97.3 Å². The number of hydrogen-bond acceptors (Lipinski definition) is 3. The molecule has 2 saturated carbocycles. The number of nitrogens with one attached hydrogen (secondary N) is 1. The molecule has 166 valence electrons. The van der Waals surface area contributed by atoms with Gasteiger partial charge in [-0.25, -0.2) is 0 Å². The van der Waals surface area contributed by atoms with Gasteiger partial charge in [0, 0.05) is 13.5 Å². The summed E-state index contributed by atoms with van der Waals surface area (Å²) in [6.45, 7) is 2.36. The van der Waals surface area contributed by atoms with Crippen LogP contribution < -0.4 is 5.32 Å². The molecule has 4 rings (SSSR count). The summed E-state index contributed by atoms with van der Waals surface area (Å²) in [4.78, 5) is 11.4. The fraction of sp³-hybridized carbons (Fsp3) is 0.731. The number of carbonyl (C=O) groups is 1. The Labute approximate surface area is 181 Å². The minimum atomic E-state index is -0.153. The van der Waals surface area contributed by atoms with Gasteiger partial charge in [0.25, 0.3) is 0 Å². The number of benzene rings is 1. The molecular weight excluding hydrogens is 374 g/mol. The number of aryl methyl sites for hydroxylation is 1. The van der Waals surface area contributed by atoms with Gasteiger partial charge < -0.3 is 15.5 Å². The summed E-state index contributed by atoms with van der Waals surface area (Å²) >= 11 is 0. The van der Waals surface area contributed by atoms with Gasteiger partial charge in [-0.15, -0.1) is 0 Å². The van der Waals surface area contributed by atoms with Crippen LogP contribution in [0.3, 0.4) is 0 Å². The lowest BCUT2D eigenvalue weighted by Gasteiger charge is -2.54. The van der Waals surface area contributed by atoms with E-state index in [1.165, 1.54) is 43.2 Å². The van der Waals surface area contributed by atoms with E-state index in [0.29, 0.717) is 35.8 Å². The first-order valence-corrected chi connectivity index (χ1v) is 12.1. The van der Waals surface area contributed by atoms with Crippen LogP contribution in [0.2, 0.25) is 0 Å². The average Bonchev–Trinajstić information content (AvgIpc) is 3.04. The molecule has 2 fully saturated rings. The fourth-order valence-electron chi connectivity index (χ4n) is 7.30. The van der Waals surface area contributed by atoms with E-state index in [2.05, 4.69) is 18.3 Å². The van der Waals surface area contributed by atoms with E-state index in [-0.39, 0.29) is 17.4 Å². The first-order valence-electron chi connectivity index (χ1n) is 12.1. The van der Waals surface area contributed by atoms with E-state index < -0.39 is 0 Å². The molecular formula is C26H39NO3. The first-order chi connectivity index (χ1) is 14.4. The Kier molecular flexibility index (Phi) is 6.43. The van der Waals surface area contributed by atoms with Crippen LogP contribution >= 0.6 is 0 Å². The molecule has 0 radical (unpaired) electrons. The molecule has 0 aromatic heterocycles. The zero-order valence-electron chi connectivity index (χ0n) is 18.7. The Morgan fingerprint density at radius 3 is 2.77 bits per heavy atom. The SMILES string of the molecule is CNC(=O)CCCCCC[C@H]1C[C@]2(C)[C@@H](O)CC[C@H]2[C@@H]2CCc3cc(O)ccc3[C@@H]12. The topological polar surface area (TPSA) is 69.6 Å². The number of amides is 1. The summed E-state index contributed by atoms with van der Waals surface area (Å²) in [5, 5.41) is 23.6. The van der Waals surface area contributed by atoms with Crippen LogP contribution in [0.15, 0.2) is 18.2 Å². The number of aliphatic hydroxyl groups excluding tert-OH is 1. The molecule has 0 aliphatic heterocycles. The Morgan fingerprint density at radius 2 is 1.97 bits per heavy atom. The predicted molar refractivity (Wildman–Crippen MR) is 119 cm³/mol. The van der Waals surface area contributed by atoms with Crippen LogP contribution in [0.25, 0.3) is 0 Å². The third-order valence-corrected chi connectivity index (χ3v) is 8.79. The number of rotatable bonds is 7. The standard InChI is InChI=1S/C26H39NO3/c1-26-16-18(7-5-3-4-6-8-24(30)27-2)25-20-12-10-19(28)15-17(20)9-11-21(25)22(26)13-14-23(26)29/h10,12,15,18,21-23,25,28-29H,3-9,11,13-14,16H2,1-2H3,(H,27,30)/t18-,21-,22-,23-,25+,26-/m0/s1. The third-order valence-electron chi connectivity index (χ3n) is 8.79. The summed E-state index contributed by atoms with van der Waals surface area (Å²) in [5.74, 6) is 2.99. The Balaban J connectivity index is 1.47. The van der Waals surface area contributed by atoms with Gasteiger partial charge in [0.1, 0.15) is 5.75 Å². The number of aliphatic hydroxyl groups is 1.